The summed E-state index contributed by atoms with van der Waals surface area (Å²) in [5.41, 5.74) is 5.53. The van der Waals surface area contributed by atoms with Crippen molar-refractivity contribution in [1.82, 2.24) is 5.32 Å². The van der Waals surface area contributed by atoms with Gasteiger partial charge in [-0.3, -0.25) is 4.79 Å². The fourth-order valence-corrected chi connectivity index (χ4v) is 6.98. The summed E-state index contributed by atoms with van der Waals surface area (Å²) in [5, 5.41) is 12.0. The van der Waals surface area contributed by atoms with Crippen LogP contribution in [0.4, 0.5) is 4.39 Å². The summed E-state index contributed by atoms with van der Waals surface area (Å²) in [6.45, 7) is 2.19. The fourth-order valence-electron chi connectivity index (χ4n) is 4.62. The SMILES string of the molecule is C[C@@H]1NC[C@@H](c2ccccc2)S(=O)(=O)C1Cc1ccc(C2(C(O)C(N)=O)COC2)cc1F. The molecular weight excluding hydrogens is 435 g/mol. The van der Waals surface area contributed by atoms with Gasteiger partial charge in [-0.2, -0.15) is 0 Å². The van der Waals surface area contributed by atoms with Gasteiger partial charge in [0.1, 0.15) is 11.9 Å². The molecule has 2 heterocycles. The molecule has 0 bridgehead atoms. The van der Waals surface area contributed by atoms with Gasteiger partial charge in [-0.25, -0.2) is 12.8 Å². The molecule has 0 aromatic heterocycles. The van der Waals surface area contributed by atoms with E-state index < -0.39 is 43.6 Å². The summed E-state index contributed by atoms with van der Waals surface area (Å²) in [7, 11) is -3.59. The van der Waals surface area contributed by atoms with Crippen LogP contribution in [-0.4, -0.2) is 56.6 Å². The van der Waals surface area contributed by atoms with Crippen LogP contribution in [0.15, 0.2) is 48.5 Å². The van der Waals surface area contributed by atoms with Crippen molar-refractivity contribution >= 4 is 15.7 Å². The Hall–Kier alpha value is -2.33. The molecule has 0 spiro atoms. The molecule has 32 heavy (non-hydrogen) atoms. The van der Waals surface area contributed by atoms with Gasteiger partial charge in [-0.1, -0.05) is 42.5 Å². The van der Waals surface area contributed by atoms with Crippen LogP contribution in [0.5, 0.6) is 0 Å². The zero-order chi connectivity index (χ0) is 23.1. The number of primary amides is 1. The maximum atomic E-state index is 15.1. The van der Waals surface area contributed by atoms with Crippen LogP contribution < -0.4 is 11.1 Å². The van der Waals surface area contributed by atoms with Crippen LogP contribution in [-0.2, 0) is 31.2 Å². The molecule has 0 aliphatic carbocycles. The first kappa shape index (κ1) is 22.8. The molecule has 7 nitrogen and oxygen atoms in total. The van der Waals surface area contributed by atoms with Crippen molar-refractivity contribution in [2.75, 3.05) is 19.8 Å². The zero-order valence-corrected chi connectivity index (χ0v) is 18.5. The van der Waals surface area contributed by atoms with Gasteiger partial charge in [-0.05, 0) is 36.1 Å². The zero-order valence-electron chi connectivity index (χ0n) is 17.7. The van der Waals surface area contributed by atoms with Crippen LogP contribution in [0.1, 0.15) is 28.9 Å². The van der Waals surface area contributed by atoms with Gasteiger partial charge in [0.15, 0.2) is 9.84 Å². The average Bonchev–Trinajstić information content (AvgIpc) is 2.72. The van der Waals surface area contributed by atoms with E-state index in [1.165, 1.54) is 12.1 Å². The number of carbonyl (C=O) groups is 1. The molecular formula is C23H27FN2O5S. The van der Waals surface area contributed by atoms with Crippen molar-refractivity contribution in [1.29, 1.82) is 0 Å². The molecule has 0 saturated carbocycles. The number of aliphatic hydroxyl groups excluding tert-OH is 1. The van der Waals surface area contributed by atoms with E-state index in [4.69, 9.17) is 10.5 Å². The Kier molecular flexibility index (Phi) is 6.10. The molecule has 2 aliphatic heterocycles. The number of hydrogen-bond donors (Lipinski definition) is 3. The highest BCUT2D eigenvalue weighted by Crippen LogP contribution is 2.38. The number of carbonyl (C=O) groups excluding carboxylic acids is 1. The number of nitrogens with one attached hydrogen (secondary N) is 1. The molecule has 172 valence electrons. The van der Waals surface area contributed by atoms with Crippen LogP contribution in [0, 0.1) is 5.82 Å². The second-order valence-corrected chi connectivity index (χ2v) is 11.0. The maximum Gasteiger partial charge on any atom is 0.247 e. The number of hydrogen-bond acceptors (Lipinski definition) is 6. The van der Waals surface area contributed by atoms with E-state index in [1.54, 1.807) is 37.3 Å². The highest BCUT2D eigenvalue weighted by molar-refractivity contribution is 7.92. The lowest BCUT2D eigenvalue weighted by Crippen LogP contribution is -2.59. The molecule has 2 aromatic rings. The van der Waals surface area contributed by atoms with Crippen LogP contribution in [0.2, 0.25) is 0 Å². The number of ether oxygens (including phenoxy) is 1. The predicted molar refractivity (Wildman–Crippen MR) is 117 cm³/mol. The molecule has 2 aliphatic rings. The van der Waals surface area contributed by atoms with E-state index in [1.807, 2.05) is 6.07 Å². The summed E-state index contributed by atoms with van der Waals surface area (Å²) in [5.74, 6) is -1.49. The smallest absolute Gasteiger partial charge is 0.247 e. The van der Waals surface area contributed by atoms with Gasteiger partial charge in [0.05, 0.1) is 29.1 Å². The standard InChI is InChI=1S/C23H27FN2O5S/c1-14-19(32(29,30)20(11-26-14)15-5-3-2-4-6-15)9-16-7-8-17(10-18(16)24)23(12-31-13-23)21(27)22(25)28/h2-8,10,14,19-21,26-27H,9,11-13H2,1H3,(H2,25,28)/t14-,19?,20-,21?/m0/s1. The van der Waals surface area contributed by atoms with E-state index in [9.17, 15) is 18.3 Å². The number of amides is 1. The summed E-state index contributed by atoms with van der Waals surface area (Å²) in [4.78, 5) is 11.5. The van der Waals surface area contributed by atoms with Gasteiger partial charge in [-0.15, -0.1) is 0 Å². The number of nitrogens with two attached hydrogens (primary N) is 1. The topological polar surface area (TPSA) is 119 Å². The Morgan fingerprint density at radius 3 is 2.53 bits per heavy atom. The third kappa shape index (κ3) is 3.83. The molecule has 2 saturated heterocycles. The van der Waals surface area contributed by atoms with Crippen LogP contribution >= 0.6 is 0 Å². The molecule has 2 fully saturated rings. The second-order valence-electron chi connectivity index (χ2n) is 8.69. The van der Waals surface area contributed by atoms with Gasteiger partial charge in [0.25, 0.3) is 0 Å². The molecule has 0 radical (unpaired) electrons. The molecule has 2 unspecified atom stereocenters. The third-order valence-electron chi connectivity index (χ3n) is 6.73. The van der Waals surface area contributed by atoms with Crippen molar-refractivity contribution in [3.05, 3.63) is 71.0 Å². The van der Waals surface area contributed by atoms with Crippen molar-refractivity contribution in [3.63, 3.8) is 0 Å². The third-order valence-corrected chi connectivity index (χ3v) is 9.38. The highest BCUT2D eigenvalue weighted by Gasteiger charge is 2.50. The van der Waals surface area contributed by atoms with Crippen molar-refractivity contribution in [3.8, 4) is 0 Å². The summed E-state index contributed by atoms with van der Waals surface area (Å²) < 4.78 is 47.1. The van der Waals surface area contributed by atoms with Crippen molar-refractivity contribution in [2.24, 2.45) is 5.73 Å². The second kappa shape index (κ2) is 8.55. The Labute approximate surface area is 186 Å². The van der Waals surface area contributed by atoms with Gasteiger partial charge in [0, 0.05) is 12.6 Å². The number of rotatable bonds is 6. The Balaban J connectivity index is 1.61. The number of sulfone groups is 1. The van der Waals surface area contributed by atoms with Gasteiger partial charge >= 0.3 is 0 Å². The summed E-state index contributed by atoms with van der Waals surface area (Å²) in [6.07, 6.45) is -1.50. The minimum absolute atomic E-state index is 0.00776. The number of aliphatic hydroxyl groups is 1. The number of halogens is 1. The minimum Gasteiger partial charge on any atom is -0.382 e. The summed E-state index contributed by atoms with van der Waals surface area (Å²) in [6, 6.07) is 13.0. The first-order chi connectivity index (χ1) is 15.2. The molecule has 1 amide bonds. The predicted octanol–water partition coefficient (Wildman–Crippen LogP) is 0.999. The van der Waals surface area contributed by atoms with E-state index in [-0.39, 0.29) is 31.2 Å². The first-order valence-electron chi connectivity index (χ1n) is 10.5. The van der Waals surface area contributed by atoms with Gasteiger partial charge < -0.3 is 20.9 Å². The van der Waals surface area contributed by atoms with E-state index >= 15 is 4.39 Å². The van der Waals surface area contributed by atoms with E-state index in [0.29, 0.717) is 17.7 Å². The number of benzene rings is 2. The minimum atomic E-state index is -3.59. The molecule has 4 N–H and O–H groups in total. The monoisotopic (exact) mass is 462 g/mol. The lowest BCUT2D eigenvalue weighted by atomic mass is 9.73. The van der Waals surface area contributed by atoms with Crippen LogP contribution in [0.25, 0.3) is 0 Å². The first-order valence-corrected chi connectivity index (χ1v) is 12.1. The normalized spacial score (nSPS) is 27.3. The highest BCUT2D eigenvalue weighted by atomic mass is 32.2. The fraction of sp³-hybridized carbons (Fsp3) is 0.435. The molecule has 4 atom stereocenters. The Morgan fingerprint density at radius 1 is 1.28 bits per heavy atom. The maximum absolute atomic E-state index is 15.1. The Bertz CT molecular complexity index is 1100. The van der Waals surface area contributed by atoms with Crippen molar-refractivity contribution in [2.45, 2.75) is 41.4 Å². The molecule has 4 rings (SSSR count). The van der Waals surface area contributed by atoms with Gasteiger partial charge in [0.2, 0.25) is 5.91 Å². The van der Waals surface area contributed by atoms with Crippen LogP contribution in [0.3, 0.4) is 0 Å². The quantitative estimate of drug-likeness (QED) is 0.589. The average molecular weight is 463 g/mol. The van der Waals surface area contributed by atoms with Crippen molar-refractivity contribution < 1.29 is 27.4 Å². The Morgan fingerprint density at radius 2 is 1.97 bits per heavy atom. The van der Waals surface area contributed by atoms with E-state index in [2.05, 4.69) is 5.32 Å². The lowest BCUT2D eigenvalue weighted by Gasteiger charge is -2.44. The molecule has 2 aromatic carbocycles. The lowest BCUT2D eigenvalue weighted by molar-refractivity contribution is -0.151. The molecule has 9 heteroatoms. The van der Waals surface area contributed by atoms with E-state index in [0.717, 1.165) is 0 Å². The largest absolute Gasteiger partial charge is 0.382 e. The summed E-state index contributed by atoms with van der Waals surface area (Å²) >= 11 is 0.